The Morgan fingerprint density at radius 2 is 1.95 bits per heavy atom. The SMILES string of the molecule is O=S(=O)(c1ccc(CO)o1)N1CCC[C@H]2CCCC[C@H]21. The van der Waals surface area contributed by atoms with E-state index in [-0.39, 0.29) is 17.7 Å². The minimum atomic E-state index is -3.57. The van der Waals surface area contributed by atoms with Crippen LogP contribution in [0.5, 0.6) is 0 Å². The number of aliphatic hydroxyl groups excluding tert-OH is 1. The van der Waals surface area contributed by atoms with Gasteiger partial charge in [-0.25, -0.2) is 8.42 Å². The first-order valence-corrected chi connectivity index (χ1v) is 8.78. The summed E-state index contributed by atoms with van der Waals surface area (Å²) in [7, 11) is -3.57. The van der Waals surface area contributed by atoms with Crippen molar-refractivity contribution in [3.8, 4) is 0 Å². The van der Waals surface area contributed by atoms with Crippen LogP contribution < -0.4 is 0 Å². The summed E-state index contributed by atoms with van der Waals surface area (Å²) in [6.07, 6.45) is 6.47. The Kier molecular flexibility index (Phi) is 3.88. The quantitative estimate of drug-likeness (QED) is 0.928. The fraction of sp³-hybridized carbons (Fsp3) is 0.714. The highest BCUT2D eigenvalue weighted by molar-refractivity contribution is 7.89. The predicted octanol–water partition coefficient (Wildman–Crippen LogP) is 2.12. The molecule has 1 aliphatic heterocycles. The van der Waals surface area contributed by atoms with Crippen molar-refractivity contribution >= 4 is 10.0 Å². The van der Waals surface area contributed by atoms with Gasteiger partial charge in [0.1, 0.15) is 12.4 Å². The van der Waals surface area contributed by atoms with Gasteiger partial charge in [0.15, 0.2) is 0 Å². The number of hydrogen-bond acceptors (Lipinski definition) is 4. The van der Waals surface area contributed by atoms with Crippen LogP contribution in [0.25, 0.3) is 0 Å². The number of aliphatic hydroxyl groups is 1. The number of sulfonamides is 1. The Bertz CT molecular complexity index is 563. The van der Waals surface area contributed by atoms with E-state index < -0.39 is 10.0 Å². The number of fused-ring (bicyclic) bond motifs is 1. The van der Waals surface area contributed by atoms with Crippen molar-refractivity contribution < 1.29 is 17.9 Å². The van der Waals surface area contributed by atoms with Gasteiger partial charge in [0.05, 0.1) is 0 Å². The van der Waals surface area contributed by atoms with Crippen LogP contribution in [0.4, 0.5) is 0 Å². The van der Waals surface area contributed by atoms with Crippen molar-refractivity contribution in [3.05, 3.63) is 17.9 Å². The van der Waals surface area contributed by atoms with Gasteiger partial charge in [-0.1, -0.05) is 12.8 Å². The maximum atomic E-state index is 12.7. The molecule has 0 spiro atoms. The Morgan fingerprint density at radius 1 is 1.20 bits per heavy atom. The molecule has 5 nitrogen and oxygen atoms in total. The van der Waals surface area contributed by atoms with Crippen LogP contribution >= 0.6 is 0 Å². The van der Waals surface area contributed by atoms with Gasteiger partial charge in [-0.15, -0.1) is 0 Å². The first-order chi connectivity index (χ1) is 9.63. The molecule has 1 aliphatic carbocycles. The Balaban J connectivity index is 1.89. The molecule has 112 valence electrons. The fourth-order valence-electron chi connectivity index (χ4n) is 3.57. The first-order valence-electron chi connectivity index (χ1n) is 7.34. The molecular weight excluding hydrogens is 278 g/mol. The van der Waals surface area contributed by atoms with Gasteiger partial charge in [-0.2, -0.15) is 4.31 Å². The highest BCUT2D eigenvalue weighted by Crippen LogP contribution is 2.38. The van der Waals surface area contributed by atoms with Crippen molar-refractivity contribution in [2.45, 2.75) is 56.3 Å². The summed E-state index contributed by atoms with van der Waals surface area (Å²) >= 11 is 0. The third-order valence-electron chi connectivity index (χ3n) is 4.55. The summed E-state index contributed by atoms with van der Waals surface area (Å²) in [6.45, 7) is 0.306. The number of rotatable bonds is 3. The topological polar surface area (TPSA) is 70.8 Å². The zero-order valence-electron chi connectivity index (χ0n) is 11.5. The second-order valence-corrected chi connectivity index (χ2v) is 7.57. The average Bonchev–Trinajstić information content (AvgIpc) is 2.96. The first kappa shape index (κ1) is 14.1. The van der Waals surface area contributed by atoms with E-state index in [0.717, 1.165) is 32.1 Å². The minimum absolute atomic E-state index is 0.0345. The van der Waals surface area contributed by atoms with Gasteiger partial charge in [-0.3, -0.25) is 0 Å². The maximum Gasteiger partial charge on any atom is 0.276 e. The summed E-state index contributed by atoms with van der Waals surface area (Å²) in [5, 5.41) is 8.98. The van der Waals surface area contributed by atoms with Crippen LogP contribution in [-0.2, 0) is 16.6 Å². The van der Waals surface area contributed by atoms with Crippen molar-refractivity contribution in [2.24, 2.45) is 5.92 Å². The Hall–Kier alpha value is -0.850. The van der Waals surface area contributed by atoms with Crippen molar-refractivity contribution in [1.82, 2.24) is 4.31 Å². The lowest BCUT2D eigenvalue weighted by Gasteiger charge is -2.42. The van der Waals surface area contributed by atoms with Crippen LogP contribution in [-0.4, -0.2) is 30.4 Å². The molecule has 3 rings (SSSR count). The average molecular weight is 299 g/mol. The summed E-state index contributed by atoms with van der Waals surface area (Å²) in [6, 6.07) is 3.10. The normalized spacial score (nSPS) is 28.2. The molecule has 1 saturated heterocycles. The second-order valence-electron chi connectivity index (χ2n) is 5.75. The van der Waals surface area contributed by atoms with Gasteiger partial charge < -0.3 is 9.52 Å². The van der Waals surface area contributed by atoms with Crippen molar-refractivity contribution in [3.63, 3.8) is 0 Å². The van der Waals surface area contributed by atoms with E-state index in [9.17, 15) is 8.42 Å². The molecule has 2 fully saturated rings. The predicted molar refractivity (Wildman–Crippen MR) is 73.5 cm³/mol. The van der Waals surface area contributed by atoms with Crippen LogP contribution in [0.15, 0.2) is 21.6 Å². The summed E-state index contributed by atoms with van der Waals surface area (Å²) in [4.78, 5) is 0. The van der Waals surface area contributed by atoms with E-state index in [1.807, 2.05) is 0 Å². The molecule has 0 aromatic carbocycles. The molecule has 20 heavy (non-hydrogen) atoms. The Morgan fingerprint density at radius 3 is 2.70 bits per heavy atom. The zero-order chi connectivity index (χ0) is 14.2. The van der Waals surface area contributed by atoms with Gasteiger partial charge in [-0.05, 0) is 43.7 Å². The summed E-state index contributed by atoms with van der Waals surface area (Å²) < 4.78 is 32.3. The monoisotopic (exact) mass is 299 g/mol. The zero-order valence-corrected chi connectivity index (χ0v) is 12.3. The minimum Gasteiger partial charge on any atom is -0.446 e. The second kappa shape index (κ2) is 5.50. The summed E-state index contributed by atoms with van der Waals surface area (Å²) in [5.74, 6) is 0.792. The van der Waals surface area contributed by atoms with Gasteiger partial charge >= 0.3 is 0 Å². The molecule has 0 radical (unpaired) electrons. The lowest BCUT2D eigenvalue weighted by atomic mass is 9.79. The van der Waals surface area contributed by atoms with Crippen molar-refractivity contribution in [2.75, 3.05) is 6.54 Å². The molecular formula is C14H21NO4S. The van der Waals surface area contributed by atoms with E-state index in [1.165, 1.54) is 18.6 Å². The number of nitrogens with zero attached hydrogens (tertiary/aromatic N) is 1. The molecule has 2 atom stereocenters. The molecule has 2 aliphatic rings. The van der Waals surface area contributed by atoms with E-state index in [4.69, 9.17) is 9.52 Å². The molecule has 1 aromatic heterocycles. The van der Waals surface area contributed by atoms with Crippen LogP contribution in [0, 0.1) is 5.92 Å². The molecule has 6 heteroatoms. The molecule has 2 heterocycles. The van der Waals surface area contributed by atoms with E-state index in [0.29, 0.717) is 18.2 Å². The smallest absolute Gasteiger partial charge is 0.276 e. The van der Waals surface area contributed by atoms with Crippen LogP contribution in [0.3, 0.4) is 0 Å². The van der Waals surface area contributed by atoms with E-state index in [2.05, 4.69) is 0 Å². The van der Waals surface area contributed by atoms with Gasteiger partial charge in [0.25, 0.3) is 10.0 Å². The lowest BCUT2D eigenvalue weighted by Crippen LogP contribution is -2.49. The molecule has 1 saturated carbocycles. The number of furan rings is 1. The standard InChI is InChI=1S/C14H21NO4S/c16-10-12-7-8-14(19-12)20(17,18)15-9-3-5-11-4-1-2-6-13(11)15/h7-8,11,13,16H,1-6,9-10H2/t11-,13-/m1/s1. The molecule has 0 unspecified atom stereocenters. The maximum absolute atomic E-state index is 12.7. The highest BCUT2D eigenvalue weighted by Gasteiger charge is 2.41. The third-order valence-corrected chi connectivity index (χ3v) is 6.35. The largest absolute Gasteiger partial charge is 0.446 e. The van der Waals surface area contributed by atoms with Crippen LogP contribution in [0.2, 0.25) is 0 Å². The Labute approximate surface area is 119 Å². The molecule has 1 aromatic rings. The van der Waals surface area contributed by atoms with E-state index >= 15 is 0 Å². The van der Waals surface area contributed by atoms with Gasteiger partial charge in [0.2, 0.25) is 5.09 Å². The lowest BCUT2D eigenvalue weighted by molar-refractivity contribution is 0.127. The van der Waals surface area contributed by atoms with Gasteiger partial charge in [0, 0.05) is 12.6 Å². The highest BCUT2D eigenvalue weighted by atomic mass is 32.2. The molecule has 1 N–H and O–H groups in total. The number of piperidine rings is 1. The molecule has 0 amide bonds. The van der Waals surface area contributed by atoms with E-state index in [1.54, 1.807) is 4.31 Å². The fourth-order valence-corrected chi connectivity index (χ4v) is 5.26. The van der Waals surface area contributed by atoms with Crippen molar-refractivity contribution in [1.29, 1.82) is 0 Å². The third kappa shape index (κ3) is 2.40. The van der Waals surface area contributed by atoms with Crippen LogP contribution in [0.1, 0.15) is 44.3 Å². The molecule has 0 bridgehead atoms. The summed E-state index contributed by atoms with van der Waals surface area (Å²) in [5.41, 5.74) is 0. The number of hydrogen-bond donors (Lipinski definition) is 1.